The van der Waals surface area contributed by atoms with Crippen molar-refractivity contribution >= 4 is 11.4 Å². The zero-order valence-electron chi connectivity index (χ0n) is 9.80. The first-order valence-corrected chi connectivity index (χ1v) is 5.32. The largest absolute Gasteiger partial charge is 0.395 e. The molecule has 1 N–H and O–H groups in total. The van der Waals surface area contributed by atoms with Crippen LogP contribution >= 0.6 is 0 Å². The summed E-state index contributed by atoms with van der Waals surface area (Å²) < 4.78 is 0. The zero-order valence-corrected chi connectivity index (χ0v) is 9.80. The number of hydrogen-bond acceptors (Lipinski definition) is 4. The van der Waals surface area contributed by atoms with Crippen LogP contribution in [0.5, 0.6) is 0 Å². The van der Waals surface area contributed by atoms with Crippen LogP contribution in [0.4, 0.5) is 11.4 Å². The van der Waals surface area contributed by atoms with Crippen LogP contribution < -0.4 is 4.90 Å². The number of aryl methyl sites for hydroxylation is 1. The van der Waals surface area contributed by atoms with E-state index < -0.39 is 4.92 Å². The van der Waals surface area contributed by atoms with Crippen molar-refractivity contribution in [3.8, 4) is 0 Å². The molecule has 17 heavy (non-hydrogen) atoms. The summed E-state index contributed by atoms with van der Waals surface area (Å²) in [5.41, 5.74) is 1.51. The average Bonchev–Trinajstić information content (AvgIpc) is 2.28. The number of nitro groups is 1. The van der Waals surface area contributed by atoms with Gasteiger partial charge in [-0.3, -0.25) is 10.1 Å². The third kappa shape index (κ3) is 3.29. The SMILES string of the molecule is C=CCN(CCO)c1cc(C)ccc1[N+](=O)[O-]. The molecule has 0 saturated heterocycles. The minimum Gasteiger partial charge on any atom is -0.395 e. The van der Waals surface area contributed by atoms with Gasteiger partial charge in [0.1, 0.15) is 5.69 Å². The molecular weight excluding hydrogens is 220 g/mol. The number of anilines is 1. The first-order chi connectivity index (χ1) is 8.10. The maximum Gasteiger partial charge on any atom is 0.292 e. The highest BCUT2D eigenvalue weighted by atomic mass is 16.6. The van der Waals surface area contributed by atoms with E-state index in [0.29, 0.717) is 18.8 Å². The van der Waals surface area contributed by atoms with Gasteiger partial charge in [-0.1, -0.05) is 12.1 Å². The van der Waals surface area contributed by atoms with Crippen molar-refractivity contribution in [1.29, 1.82) is 0 Å². The molecule has 0 radical (unpaired) electrons. The molecule has 0 aliphatic carbocycles. The molecule has 1 aromatic carbocycles. The minimum absolute atomic E-state index is 0.0471. The van der Waals surface area contributed by atoms with Gasteiger partial charge in [0.15, 0.2) is 0 Å². The Bertz CT molecular complexity index is 418. The Hall–Kier alpha value is -1.88. The van der Waals surface area contributed by atoms with Crippen LogP contribution in [0.25, 0.3) is 0 Å². The predicted molar refractivity (Wildman–Crippen MR) is 67.3 cm³/mol. The summed E-state index contributed by atoms with van der Waals surface area (Å²) >= 11 is 0. The van der Waals surface area contributed by atoms with Gasteiger partial charge in [-0.25, -0.2) is 0 Å². The van der Waals surface area contributed by atoms with Crippen molar-refractivity contribution in [3.05, 3.63) is 46.5 Å². The lowest BCUT2D eigenvalue weighted by molar-refractivity contribution is -0.384. The predicted octanol–water partition coefficient (Wildman–Crippen LogP) is 1.89. The van der Waals surface area contributed by atoms with Crippen molar-refractivity contribution in [2.24, 2.45) is 0 Å². The number of nitrogens with zero attached hydrogens (tertiary/aromatic N) is 2. The normalized spacial score (nSPS) is 10.0. The molecule has 0 spiro atoms. The van der Waals surface area contributed by atoms with Gasteiger partial charge in [-0.2, -0.15) is 0 Å². The summed E-state index contributed by atoms with van der Waals surface area (Å²) in [5.74, 6) is 0. The van der Waals surface area contributed by atoms with Gasteiger partial charge in [-0.15, -0.1) is 6.58 Å². The number of aliphatic hydroxyl groups excluding tert-OH is 1. The van der Waals surface area contributed by atoms with Crippen molar-refractivity contribution in [2.75, 3.05) is 24.6 Å². The second-order valence-corrected chi connectivity index (χ2v) is 3.71. The van der Waals surface area contributed by atoms with E-state index in [0.717, 1.165) is 5.56 Å². The number of hydrogen-bond donors (Lipinski definition) is 1. The minimum atomic E-state index is -0.414. The molecule has 0 saturated carbocycles. The van der Waals surface area contributed by atoms with Crippen LogP contribution in [0.15, 0.2) is 30.9 Å². The van der Waals surface area contributed by atoms with E-state index >= 15 is 0 Å². The summed E-state index contributed by atoms with van der Waals surface area (Å²) in [6.07, 6.45) is 1.65. The van der Waals surface area contributed by atoms with Crippen LogP contribution in [0.1, 0.15) is 5.56 Å². The molecule has 0 amide bonds. The van der Waals surface area contributed by atoms with E-state index in [1.54, 1.807) is 23.1 Å². The Labute approximate surface area is 100 Å². The Kier molecular flexibility index (Phi) is 4.66. The van der Waals surface area contributed by atoms with Crippen molar-refractivity contribution in [2.45, 2.75) is 6.92 Å². The lowest BCUT2D eigenvalue weighted by atomic mass is 10.1. The summed E-state index contributed by atoms with van der Waals surface area (Å²) in [7, 11) is 0. The monoisotopic (exact) mass is 236 g/mol. The van der Waals surface area contributed by atoms with E-state index in [1.807, 2.05) is 6.92 Å². The molecule has 0 unspecified atom stereocenters. The summed E-state index contributed by atoms with van der Waals surface area (Å²) in [6.45, 7) is 6.24. The van der Waals surface area contributed by atoms with E-state index in [-0.39, 0.29) is 12.3 Å². The molecule has 1 aromatic rings. The van der Waals surface area contributed by atoms with E-state index in [9.17, 15) is 10.1 Å². The van der Waals surface area contributed by atoms with Crippen molar-refractivity contribution in [3.63, 3.8) is 0 Å². The second kappa shape index (κ2) is 6.00. The summed E-state index contributed by atoms with van der Waals surface area (Å²) in [6, 6.07) is 4.93. The van der Waals surface area contributed by atoms with Crippen molar-refractivity contribution < 1.29 is 10.0 Å². The van der Waals surface area contributed by atoms with E-state index in [4.69, 9.17) is 5.11 Å². The van der Waals surface area contributed by atoms with Gasteiger partial charge in [0, 0.05) is 19.2 Å². The third-order valence-corrected chi connectivity index (χ3v) is 2.39. The van der Waals surface area contributed by atoms with Crippen LogP contribution in [0.2, 0.25) is 0 Å². The van der Waals surface area contributed by atoms with Crippen LogP contribution in [-0.2, 0) is 0 Å². The molecule has 92 valence electrons. The first-order valence-electron chi connectivity index (χ1n) is 5.32. The first kappa shape index (κ1) is 13.2. The van der Waals surface area contributed by atoms with Crippen LogP contribution in [0.3, 0.4) is 0 Å². The number of aliphatic hydroxyl groups is 1. The molecule has 0 aliphatic rings. The highest BCUT2D eigenvalue weighted by Gasteiger charge is 2.18. The van der Waals surface area contributed by atoms with Gasteiger partial charge >= 0.3 is 0 Å². The molecular formula is C12H16N2O3. The Morgan fingerprint density at radius 2 is 2.29 bits per heavy atom. The van der Waals surface area contributed by atoms with Crippen LogP contribution in [-0.4, -0.2) is 29.7 Å². The number of rotatable bonds is 6. The fourth-order valence-electron chi connectivity index (χ4n) is 1.63. The molecule has 0 atom stereocenters. The van der Waals surface area contributed by atoms with Gasteiger partial charge < -0.3 is 10.0 Å². The summed E-state index contributed by atoms with van der Waals surface area (Å²) in [4.78, 5) is 12.3. The maximum absolute atomic E-state index is 10.9. The lowest BCUT2D eigenvalue weighted by Gasteiger charge is -2.22. The van der Waals surface area contributed by atoms with E-state index in [1.165, 1.54) is 6.07 Å². The topological polar surface area (TPSA) is 66.6 Å². The fraction of sp³-hybridized carbons (Fsp3) is 0.333. The highest BCUT2D eigenvalue weighted by molar-refractivity contribution is 5.64. The Balaban J connectivity index is 3.18. The Morgan fingerprint density at radius 1 is 1.59 bits per heavy atom. The maximum atomic E-state index is 10.9. The molecule has 5 nitrogen and oxygen atoms in total. The molecule has 0 heterocycles. The smallest absolute Gasteiger partial charge is 0.292 e. The van der Waals surface area contributed by atoms with Crippen LogP contribution in [0, 0.1) is 17.0 Å². The van der Waals surface area contributed by atoms with Gasteiger partial charge in [-0.05, 0) is 18.6 Å². The standard InChI is InChI=1S/C12H16N2O3/c1-3-6-13(7-8-15)12-9-10(2)4-5-11(12)14(16)17/h3-5,9,15H,1,6-8H2,2H3. The summed E-state index contributed by atoms with van der Waals surface area (Å²) in [5, 5.41) is 19.9. The van der Waals surface area contributed by atoms with E-state index in [2.05, 4.69) is 6.58 Å². The quantitative estimate of drug-likeness (QED) is 0.465. The lowest BCUT2D eigenvalue weighted by Crippen LogP contribution is -2.27. The third-order valence-electron chi connectivity index (χ3n) is 2.39. The van der Waals surface area contributed by atoms with Gasteiger partial charge in [0.05, 0.1) is 11.5 Å². The zero-order chi connectivity index (χ0) is 12.8. The van der Waals surface area contributed by atoms with Gasteiger partial charge in [0.2, 0.25) is 0 Å². The second-order valence-electron chi connectivity index (χ2n) is 3.71. The Morgan fingerprint density at radius 3 is 2.82 bits per heavy atom. The molecule has 5 heteroatoms. The fourth-order valence-corrected chi connectivity index (χ4v) is 1.63. The molecule has 0 aromatic heterocycles. The highest BCUT2D eigenvalue weighted by Crippen LogP contribution is 2.28. The van der Waals surface area contributed by atoms with Crippen molar-refractivity contribution in [1.82, 2.24) is 0 Å². The molecule has 0 aliphatic heterocycles. The molecule has 0 bridgehead atoms. The molecule has 0 fully saturated rings. The number of benzene rings is 1. The molecule has 1 rings (SSSR count). The van der Waals surface area contributed by atoms with Gasteiger partial charge in [0.25, 0.3) is 5.69 Å². The number of nitro benzene ring substituents is 1. The average molecular weight is 236 g/mol.